The molecule has 0 saturated carbocycles. The fourth-order valence-electron chi connectivity index (χ4n) is 4.00. The highest BCUT2D eigenvalue weighted by Crippen LogP contribution is 2.23. The van der Waals surface area contributed by atoms with E-state index in [0.717, 1.165) is 50.4 Å². The fourth-order valence-corrected chi connectivity index (χ4v) is 4.00. The van der Waals surface area contributed by atoms with Gasteiger partial charge < -0.3 is 15.1 Å². The van der Waals surface area contributed by atoms with Crippen LogP contribution < -0.4 is 10.2 Å². The first-order chi connectivity index (χ1) is 14.8. The zero-order chi connectivity index (χ0) is 22.7. The van der Waals surface area contributed by atoms with E-state index in [1.807, 2.05) is 17.0 Å². The van der Waals surface area contributed by atoms with Crippen LogP contribution in [0.1, 0.15) is 85.5 Å². The summed E-state index contributed by atoms with van der Waals surface area (Å²) in [6.07, 6.45) is 9.73. The van der Waals surface area contributed by atoms with Gasteiger partial charge in [-0.15, -0.1) is 0 Å². The van der Waals surface area contributed by atoms with Gasteiger partial charge in [-0.3, -0.25) is 9.59 Å². The van der Waals surface area contributed by atoms with Crippen molar-refractivity contribution in [2.45, 2.75) is 85.5 Å². The van der Waals surface area contributed by atoms with E-state index in [1.54, 1.807) is 0 Å². The molecule has 5 nitrogen and oxygen atoms in total. The number of amides is 2. The number of carbonyl (C=O) groups is 2. The minimum Gasteiger partial charge on any atom is -0.368 e. The number of piperazine rings is 1. The molecule has 0 aliphatic carbocycles. The van der Waals surface area contributed by atoms with Crippen LogP contribution in [0.2, 0.25) is 0 Å². The Morgan fingerprint density at radius 1 is 0.871 bits per heavy atom. The molecule has 0 atom stereocenters. The highest BCUT2D eigenvalue weighted by molar-refractivity contribution is 5.90. The molecule has 2 amide bonds. The normalized spacial score (nSPS) is 14.6. The van der Waals surface area contributed by atoms with Gasteiger partial charge in [0.05, 0.1) is 0 Å². The van der Waals surface area contributed by atoms with Gasteiger partial charge in [0.2, 0.25) is 11.8 Å². The van der Waals surface area contributed by atoms with Crippen LogP contribution in [0.25, 0.3) is 0 Å². The minimum atomic E-state index is 0.0309. The van der Waals surface area contributed by atoms with Crippen LogP contribution in [-0.4, -0.2) is 42.9 Å². The lowest BCUT2D eigenvalue weighted by Crippen LogP contribution is -2.49. The highest BCUT2D eigenvalue weighted by atomic mass is 16.2. The highest BCUT2D eigenvalue weighted by Gasteiger charge is 2.24. The smallest absolute Gasteiger partial charge is 0.224 e. The fraction of sp³-hybridized carbons (Fsp3) is 0.692. The second-order valence-corrected chi connectivity index (χ2v) is 10.1. The Morgan fingerprint density at radius 3 is 2.03 bits per heavy atom. The van der Waals surface area contributed by atoms with Gasteiger partial charge in [-0.05, 0) is 36.1 Å². The summed E-state index contributed by atoms with van der Waals surface area (Å²) >= 11 is 0. The van der Waals surface area contributed by atoms with Crippen molar-refractivity contribution < 1.29 is 9.59 Å². The van der Waals surface area contributed by atoms with E-state index in [2.05, 4.69) is 50.0 Å². The van der Waals surface area contributed by atoms with Crippen molar-refractivity contribution in [1.29, 1.82) is 0 Å². The molecule has 5 heteroatoms. The minimum absolute atomic E-state index is 0.0309. The number of benzene rings is 1. The monoisotopic (exact) mass is 429 g/mol. The van der Waals surface area contributed by atoms with Crippen molar-refractivity contribution in [2.24, 2.45) is 5.41 Å². The SMILES string of the molecule is CCCCCCCCCC(=O)Nc1ccc(N2CCN(C(=O)CC(C)(C)C)CC2)cc1. The molecule has 0 unspecified atom stereocenters. The molecule has 0 spiro atoms. The summed E-state index contributed by atoms with van der Waals surface area (Å²) in [5.41, 5.74) is 2.03. The van der Waals surface area contributed by atoms with Crippen LogP contribution >= 0.6 is 0 Å². The third-order valence-corrected chi connectivity index (χ3v) is 5.84. The Morgan fingerprint density at radius 2 is 1.45 bits per heavy atom. The van der Waals surface area contributed by atoms with Crippen molar-refractivity contribution in [3.05, 3.63) is 24.3 Å². The molecular formula is C26H43N3O2. The molecule has 1 aliphatic rings. The Hall–Kier alpha value is -2.04. The Kier molecular flexibility index (Phi) is 10.4. The lowest BCUT2D eigenvalue weighted by atomic mass is 9.91. The first-order valence-electron chi connectivity index (χ1n) is 12.2. The molecule has 31 heavy (non-hydrogen) atoms. The van der Waals surface area contributed by atoms with Crippen molar-refractivity contribution in [2.75, 3.05) is 36.4 Å². The number of anilines is 2. The van der Waals surface area contributed by atoms with Crippen LogP contribution in [0.4, 0.5) is 11.4 Å². The summed E-state index contributed by atoms with van der Waals surface area (Å²) < 4.78 is 0. The molecule has 1 fully saturated rings. The third-order valence-electron chi connectivity index (χ3n) is 5.84. The van der Waals surface area contributed by atoms with E-state index in [0.29, 0.717) is 12.8 Å². The molecule has 1 N–H and O–H groups in total. The van der Waals surface area contributed by atoms with Crippen molar-refractivity contribution in [1.82, 2.24) is 4.90 Å². The van der Waals surface area contributed by atoms with Crippen LogP contribution in [-0.2, 0) is 9.59 Å². The Balaban J connectivity index is 1.69. The number of nitrogens with one attached hydrogen (secondary N) is 1. The topological polar surface area (TPSA) is 52.7 Å². The largest absolute Gasteiger partial charge is 0.368 e. The molecule has 174 valence electrons. The van der Waals surface area contributed by atoms with Gasteiger partial charge in [0.15, 0.2) is 0 Å². The van der Waals surface area contributed by atoms with Crippen LogP contribution in [0, 0.1) is 5.41 Å². The lowest BCUT2D eigenvalue weighted by molar-refractivity contribution is -0.133. The second kappa shape index (κ2) is 12.7. The van der Waals surface area contributed by atoms with Crippen molar-refractivity contribution >= 4 is 23.2 Å². The summed E-state index contributed by atoms with van der Waals surface area (Å²) in [5.74, 6) is 0.360. The Bertz CT molecular complexity index is 671. The molecule has 1 aromatic carbocycles. The number of unbranched alkanes of at least 4 members (excludes halogenated alkanes) is 6. The molecule has 2 rings (SSSR count). The van der Waals surface area contributed by atoms with Gasteiger partial charge in [-0.2, -0.15) is 0 Å². The zero-order valence-corrected chi connectivity index (χ0v) is 20.2. The standard InChI is InChI=1S/C26H43N3O2/c1-5-6-7-8-9-10-11-12-24(30)27-22-13-15-23(16-14-22)28-17-19-29(20-18-28)25(31)21-26(2,3)4/h13-16H,5-12,17-21H2,1-4H3,(H,27,30). The molecule has 0 bridgehead atoms. The number of nitrogens with zero attached hydrogens (tertiary/aromatic N) is 2. The van der Waals surface area contributed by atoms with Gasteiger partial charge in [0, 0.05) is 50.4 Å². The maximum absolute atomic E-state index is 12.4. The van der Waals surface area contributed by atoms with E-state index in [1.165, 1.54) is 32.1 Å². The summed E-state index contributed by atoms with van der Waals surface area (Å²) in [6, 6.07) is 8.09. The van der Waals surface area contributed by atoms with Gasteiger partial charge >= 0.3 is 0 Å². The van der Waals surface area contributed by atoms with E-state index in [-0.39, 0.29) is 17.2 Å². The molecule has 0 aromatic heterocycles. The molecule has 1 aliphatic heterocycles. The van der Waals surface area contributed by atoms with Gasteiger partial charge in [-0.1, -0.05) is 66.2 Å². The van der Waals surface area contributed by atoms with Crippen LogP contribution in [0.15, 0.2) is 24.3 Å². The van der Waals surface area contributed by atoms with E-state index < -0.39 is 0 Å². The van der Waals surface area contributed by atoms with E-state index in [9.17, 15) is 9.59 Å². The summed E-state index contributed by atoms with van der Waals surface area (Å²) in [7, 11) is 0. The van der Waals surface area contributed by atoms with Gasteiger partial charge in [0.1, 0.15) is 0 Å². The number of rotatable bonds is 11. The molecule has 0 radical (unpaired) electrons. The zero-order valence-electron chi connectivity index (χ0n) is 20.2. The summed E-state index contributed by atoms with van der Waals surface area (Å²) in [4.78, 5) is 28.9. The third kappa shape index (κ3) is 9.75. The second-order valence-electron chi connectivity index (χ2n) is 10.1. The maximum atomic E-state index is 12.4. The number of hydrogen-bond donors (Lipinski definition) is 1. The van der Waals surface area contributed by atoms with Crippen molar-refractivity contribution in [3.8, 4) is 0 Å². The van der Waals surface area contributed by atoms with Crippen LogP contribution in [0.5, 0.6) is 0 Å². The molecule has 1 heterocycles. The van der Waals surface area contributed by atoms with Crippen LogP contribution in [0.3, 0.4) is 0 Å². The predicted molar refractivity (Wildman–Crippen MR) is 131 cm³/mol. The van der Waals surface area contributed by atoms with E-state index >= 15 is 0 Å². The first kappa shape index (κ1) is 25.2. The van der Waals surface area contributed by atoms with Crippen molar-refractivity contribution in [3.63, 3.8) is 0 Å². The average Bonchev–Trinajstić information content (AvgIpc) is 2.72. The lowest BCUT2D eigenvalue weighted by Gasteiger charge is -2.37. The number of hydrogen-bond acceptors (Lipinski definition) is 3. The maximum Gasteiger partial charge on any atom is 0.224 e. The molecular weight excluding hydrogens is 386 g/mol. The number of carbonyl (C=O) groups excluding carboxylic acids is 2. The van der Waals surface area contributed by atoms with E-state index in [4.69, 9.17) is 0 Å². The Labute approximate surface area is 189 Å². The first-order valence-corrected chi connectivity index (χ1v) is 12.2. The predicted octanol–water partition coefficient (Wildman–Crippen LogP) is 5.85. The summed E-state index contributed by atoms with van der Waals surface area (Å²) in [5, 5.41) is 3.02. The molecule has 1 aromatic rings. The van der Waals surface area contributed by atoms with Gasteiger partial charge in [0.25, 0.3) is 0 Å². The quantitative estimate of drug-likeness (QED) is 0.449. The average molecular weight is 430 g/mol. The summed E-state index contributed by atoms with van der Waals surface area (Å²) in [6.45, 7) is 11.8. The van der Waals surface area contributed by atoms with Gasteiger partial charge in [-0.25, -0.2) is 0 Å². The molecule has 1 saturated heterocycles.